The standard InChI is InChI=1S/C15H19N5/c1-20(2)14-12(7-6-10-17-14)11-18-15(16)19-13-8-4-3-5-9-13/h3-10H,11H2,1-2H3,(H3,16,18,19). The van der Waals surface area contributed by atoms with Crippen molar-refractivity contribution in [3.63, 3.8) is 0 Å². The molecule has 0 radical (unpaired) electrons. The van der Waals surface area contributed by atoms with Crippen LogP contribution in [0.25, 0.3) is 0 Å². The summed E-state index contributed by atoms with van der Waals surface area (Å²) in [5.41, 5.74) is 7.85. The first-order valence-electron chi connectivity index (χ1n) is 6.40. The summed E-state index contributed by atoms with van der Waals surface area (Å²) in [5.74, 6) is 1.30. The molecule has 5 heteroatoms. The number of nitrogens with two attached hydrogens (primary N) is 1. The lowest BCUT2D eigenvalue weighted by molar-refractivity contribution is 0.983. The number of pyridine rings is 1. The monoisotopic (exact) mass is 269 g/mol. The van der Waals surface area contributed by atoms with Gasteiger partial charge in [-0.15, -0.1) is 0 Å². The van der Waals surface area contributed by atoms with Gasteiger partial charge < -0.3 is 16.0 Å². The number of anilines is 2. The predicted molar refractivity (Wildman–Crippen MR) is 84.0 cm³/mol. The third-order valence-electron chi connectivity index (χ3n) is 2.76. The summed E-state index contributed by atoms with van der Waals surface area (Å²) in [6, 6.07) is 13.6. The van der Waals surface area contributed by atoms with Crippen LogP contribution in [-0.2, 0) is 6.54 Å². The maximum atomic E-state index is 5.88. The van der Waals surface area contributed by atoms with Gasteiger partial charge in [0.1, 0.15) is 5.82 Å². The van der Waals surface area contributed by atoms with Gasteiger partial charge in [-0.25, -0.2) is 9.98 Å². The summed E-state index contributed by atoms with van der Waals surface area (Å²) in [6.07, 6.45) is 1.77. The average molecular weight is 269 g/mol. The molecule has 0 aliphatic rings. The predicted octanol–water partition coefficient (Wildman–Crippen LogP) is 2.07. The number of aliphatic imine (C=N–C) groups is 1. The Morgan fingerprint density at radius 2 is 1.95 bits per heavy atom. The highest BCUT2D eigenvalue weighted by Crippen LogP contribution is 2.15. The number of nitrogens with zero attached hydrogens (tertiary/aromatic N) is 3. The van der Waals surface area contributed by atoms with Crippen LogP contribution in [0, 0.1) is 0 Å². The van der Waals surface area contributed by atoms with Crippen LogP contribution in [0.15, 0.2) is 53.7 Å². The van der Waals surface area contributed by atoms with Gasteiger partial charge in [-0.2, -0.15) is 0 Å². The molecule has 0 atom stereocenters. The van der Waals surface area contributed by atoms with E-state index < -0.39 is 0 Å². The fraction of sp³-hybridized carbons (Fsp3) is 0.200. The molecule has 0 bridgehead atoms. The molecule has 0 aliphatic carbocycles. The van der Waals surface area contributed by atoms with Crippen LogP contribution in [0.5, 0.6) is 0 Å². The molecule has 0 unspecified atom stereocenters. The second kappa shape index (κ2) is 6.56. The minimum atomic E-state index is 0.393. The Morgan fingerprint density at radius 1 is 1.20 bits per heavy atom. The second-order valence-electron chi connectivity index (χ2n) is 4.57. The lowest BCUT2D eigenvalue weighted by Gasteiger charge is -2.14. The summed E-state index contributed by atoms with van der Waals surface area (Å²) < 4.78 is 0. The van der Waals surface area contributed by atoms with E-state index in [1.807, 2.05) is 61.5 Å². The Bertz CT molecular complexity index is 578. The van der Waals surface area contributed by atoms with Crippen molar-refractivity contribution < 1.29 is 0 Å². The molecular weight excluding hydrogens is 250 g/mol. The van der Waals surface area contributed by atoms with Crippen molar-refractivity contribution in [2.24, 2.45) is 10.7 Å². The second-order valence-corrected chi connectivity index (χ2v) is 4.57. The molecule has 0 spiro atoms. The van der Waals surface area contributed by atoms with Gasteiger partial charge in [0.15, 0.2) is 5.96 Å². The normalized spacial score (nSPS) is 11.2. The smallest absolute Gasteiger partial charge is 0.193 e. The van der Waals surface area contributed by atoms with E-state index in [9.17, 15) is 0 Å². The maximum absolute atomic E-state index is 5.88. The average Bonchev–Trinajstić information content (AvgIpc) is 2.46. The number of benzene rings is 1. The number of nitrogens with one attached hydrogen (secondary N) is 1. The van der Waals surface area contributed by atoms with Gasteiger partial charge in [-0.3, -0.25) is 0 Å². The summed E-state index contributed by atoms with van der Waals surface area (Å²) >= 11 is 0. The molecule has 104 valence electrons. The van der Waals surface area contributed by atoms with Crippen LogP contribution in [0.3, 0.4) is 0 Å². The number of aromatic nitrogens is 1. The molecule has 20 heavy (non-hydrogen) atoms. The van der Waals surface area contributed by atoms with Gasteiger partial charge in [-0.1, -0.05) is 24.3 Å². The number of guanidine groups is 1. The van der Waals surface area contributed by atoms with E-state index in [0.717, 1.165) is 17.1 Å². The summed E-state index contributed by atoms with van der Waals surface area (Å²) in [4.78, 5) is 10.6. The van der Waals surface area contributed by atoms with E-state index in [4.69, 9.17) is 5.73 Å². The Labute approximate surface area is 119 Å². The first-order chi connectivity index (χ1) is 9.66. The first-order valence-corrected chi connectivity index (χ1v) is 6.40. The molecule has 0 saturated carbocycles. The van der Waals surface area contributed by atoms with Gasteiger partial charge in [0, 0.05) is 31.5 Å². The number of hydrogen-bond donors (Lipinski definition) is 2. The van der Waals surface area contributed by atoms with Gasteiger partial charge in [0.05, 0.1) is 6.54 Å². The molecular formula is C15H19N5. The SMILES string of the molecule is CN(C)c1ncccc1CN=C(N)Nc1ccccc1. The van der Waals surface area contributed by atoms with Crippen molar-refractivity contribution in [1.29, 1.82) is 0 Å². The van der Waals surface area contributed by atoms with Gasteiger partial charge in [-0.05, 0) is 18.2 Å². The summed E-state index contributed by atoms with van der Waals surface area (Å²) in [6.45, 7) is 0.493. The zero-order chi connectivity index (χ0) is 14.4. The third-order valence-corrected chi connectivity index (χ3v) is 2.76. The third kappa shape index (κ3) is 3.71. The van der Waals surface area contributed by atoms with Crippen LogP contribution in [0.4, 0.5) is 11.5 Å². The molecule has 0 aliphatic heterocycles. The highest BCUT2D eigenvalue weighted by Gasteiger charge is 2.04. The lowest BCUT2D eigenvalue weighted by atomic mass is 10.2. The van der Waals surface area contributed by atoms with E-state index in [-0.39, 0.29) is 0 Å². The van der Waals surface area contributed by atoms with Crippen LogP contribution >= 0.6 is 0 Å². The zero-order valence-corrected chi connectivity index (χ0v) is 11.7. The molecule has 5 nitrogen and oxygen atoms in total. The number of para-hydroxylation sites is 1. The largest absolute Gasteiger partial charge is 0.370 e. The van der Waals surface area contributed by atoms with Crippen LogP contribution < -0.4 is 16.0 Å². The fourth-order valence-corrected chi connectivity index (χ4v) is 1.84. The van der Waals surface area contributed by atoms with Gasteiger partial charge in [0.25, 0.3) is 0 Å². The molecule has 1 heterocycles. The molecule has 3 N–H and O–H groups in total. The molecule has 0 fully saturated rings. The van der Waals surface area contributed by atoms with Crippen molar-refractivity contribution in [1.82, 2.24) is 4.98 Å². The van der Waals surface area contributed by atoms with E-state index in [1.54, 1.807) is 6.20 Å². The van der Waals surface area contributed by atoms with Crippen LogP contribution in [-0.4, -0.2) is 25.0 Å². The summed E-state index contributed by atoms with van der Waals surface area (Å²) in [7, 11) is 3.92. The Hall–Kier alpha value is -2.56. The van der Waals surface area contributed by atoms with Crippen molar-refractivity contribution in [2.75, 3.05) is 24.3 Å². The van der Waals surface area contributed by atoms with E-state index in [2.05, 4.69) is 15.3 Å². The quantitative estimate of drug-likeness (QED) is 0.658. The lowest BCUT2D eigenvalue weighted by Crippen LogP contribution is -2.22. The minimum absolute atomic E-state index is 0.393. The van der Waals surface area contributed by atoms with Crippen LogP contribution in [0.1, 0.15) is 5.56 Å². The Kier molecular flexibility index (Phi) is 4.55. The van der Waals surface area contributed by atoms with Crippen molar-refractivity contribution >= 4 is 17.5 Å². The molecule has 1 aromatic heterocycles. The Balaban J connectivity index is 2.05. The van der Waals surface area contributed by atoms with Crippen LogP contribution in [0.2, 0.25) is 0 Å². The molecule has 2 aromatic rings. The summed E-state index contributed by atoms with van der Waals surface area (Å²) in [5, 5.41) is 3.05. The van der Waals surface area contributed by atoms with Crippen molar-refractivity contribution in [3.05, 3.63) is 54.2 Å². The molecule has 1 aromatic carbocycles. The van der Waals surface area contributed by atoms with Crippen molar-refractivity contribution in [3.8, 4) is 0 Å². The van der Waals surface area contributed by atoms with E-state index in [0.29, 0.717) is 12.5 Å². The Morgan fingerprint density at radius 3 is 2.65 bits per heavy atom. The number of rotatable bonds is 4. The van der Waals surface area contributed by atoms with Gasteiger partial charge in [0.2, 0.25) is 0 Å². The number of hydrogen-bond acceptors (Lipinski definition) is 3. The van der Waals surface area contributed by atoms with Crippen molar-refractivity contribution in [2.45, 2.75) is 6.54 Å². The topological polar surface area (TPSA) is 66.5 Å². The molecule has 0 saturated heterocycles. The maximum Gasteiger partial charge on any atom is 0.193 e. The fourth-order valence-electron chi connectivity index (χ4n) is 1.84. The minimum Gasteiger partial charge on any atom is -0.370 e. The van der Waals surface area contributed by atoms with E-state index >= 15 is 0 Å². The zero-order valence-electron chi connectivity index (χ0n) is 11.7. The van der Waals surface area contributed by atoms with Gasteiger partial charge >= 0.3 is 0 Å². The highest BCUT2D eigenvalue weighted by molar-refractivity contribution is 5.92. The first kappa shape index (κ1) is 13.9. The highest BCUT2D eigenvalue weighted by atomic mass is 15.1. The molecule has 0 amide bonds. The van der Waals surface area contributed by atoms with E-state index in [1.165, 1.54) is 0 Å². The molecule has 2 rings (SSSR count).